The molecule has 0 N–H and O–H groups in total. The van der Waals surface area contributed by atoms with Crippen LogP contribution in [0.4, 0.5) is 0 Å². The van der Waals surface area contributed by atoms with E-state index in [0.29, 0.717) is 17.9 Å². The molecule has 0 bridgehead atoms. The summed E-state index contributed by atoms with van der Waals surface area (Å²) in [6.45, 7) is 2.36. The lowest BCUT2D eigenvalue weighted by atomic mass is 10.2. The van der Waals surface area contributed by atoms with Crippen molar-refractivity contribution in [1.29, 1.82) is 0 Å². The minimum atomic E-state index is -0.362. The van der Waals surface area contributed by atoms with Crippen LogP contribution in [0.15, 0.2) is 42.7 Å². The average molecular weight is 260 g/mol. The zero-order valence-electron chi connectivity index (χ0n) is 10.9. The molecule has 0 unspecified atom stereocenters. The quantitative estimate of drug-likeness (QED) is 0.773. The third-order valence-electron chi connectivity index (χ3n) is 2.62. The van der Waals surface area contributed by atoms with E-state index in [1.54, 1.807) is 42.3 Å². The summed E-state index contributed by atoms with van der Waals surface area (Å²) < 4.78 is 12.2. The van der Waals surface area contributed by atoms with Crippen molar-refractivity contribution in [3.63, 3.8) is 0 Å². The lowest BCUT2D eigenvalue weighted by Gasteiger charge is -2.13. The summed E-state index contributed by atoms with van der Waals surface area (Å²) in [7, 11) is 1.56. The summed E-state index contributed by atoms with van der Waals surface area (Å²) in [6.07, 6.45) is 3.27. The molecule has 100 valence electrons. The SMILES string of the molecule is COc1cccc(C(=O)O[C@H](C)Cn2cccn2)c1. The second kappa shape index (κ2) is 6.04. The highest BCUT2D eigenvalue weighted by atomic mass is 16.5. The summed E-state index contributed by atoms with van der Waals surface area (Å²) in [4.78, 5) is 11.9. The second-order valence-electron chi connectivity index (χ2n) is 4.18. The van der Waals surface area contributed by atoms with Gasteiger partial charge in [-0.2, -0.15) is 5.10 Å². The van der Waals surface area contributed by atoms with Crippen molar-refractivity contribution in [1.82, 2.24) is 9.78 Å². The van der Waals surface area contributed by atoms with Crippen LogP contribution in [-0.4, -0.2) is 29.0 Å². The highest BCUT2D eigenvalue weighted by molar-refractivity contribution is 5.89. The number of hydrogen-bond donors (Lipinski definition) is 0. The van der Waals surface area contributed by atoms with Crippen LogP contribution in [0.25, 0.3) is 0 Å². The van der Waals surface area contributed by atoms with Gasteiger partial charge in [0.15, 0.2) is 0 Å². The molecule has 5 heteroatoms. The van der Waals surface area contributed by atoms with Crippen molar-refractivity contribution in [3.8, 4) is 5.75 Å². The van der Waals surface area contributed by atoms with Gasteiger partial charge in [-0.1, -0.05) is 6.07 Å². The van der Waals surface area contributed by atoms with Crippen molar-refractivity contribution in [2.45, 2.75) is 19.6 Å². The van der Waals surface area contributed by atoms with Crippen LogP contribution in [-0.2, 0) is 11.3 Å². The minimum Gasteiger partial charge on any atom is -0.497 e. The largest absolute Gasteiger partial charge is 0.497 e. The Kier molecular flexibility index (Phi) is 4.18. The third-order valence-corrected chi connectivity index (χ3v) is 2.62. The van der Waals surface area contributed by atoms with Crippen molar-refractivity contribution in [2.75, 3.05) is 7.11 Å². The summed E-state index contributed by atoms with van der Waals surface area (Å²) >= 11 is 0. The van der Waals surface area contributed by atoms with E-state index in [9.17, 15) is 4.79 Å². The van der Waals surface area contributed by atoms with Crippen molar-refractivity contribution in [3.05, 3.63) is 48.3 Å². The van der Waals surface area contributed by atoms with E-state index in [-0.39, 0.29) is 12.1 Å². The number of ether oxygens (including phenoxy) is 2. The van der Waals surface area contributed by atoms with E-state index < -0.39 is 0 Å². The van der Waals surface area contributed by atoms with Gasteiger partial charge in [0, 0.05) is 12.4 Å². The Morgan fingerprint density at radius 3 is 2.95 bits per heavy atom. The predicted octanol–water partition coefficient (Wildman–Crippen LogP) is 2.14. The van der Waals surface area contributed by atoms with E-state index in [1.165, 1.54) is 0 Å². The maximum absolute atomic E-state index is 11.9. The molecular formula is C14H16N2O3. The van der Waals surface area contributed by atoms with Crippen LogP contribution < -0.4 is 4.74 Å². The first-order valence-corrected chi connectivity index (χ1v) is 6.01. The molecule has 0 fully saturated rings. The number of carbonyl (C=O) groups excluding carboxylic acids is 1. The highest BCUT2D eigenvalue weighted by Crippen LogP contribution is 2.14. The lowest BCUT2D eigenvalue weighted by molar-refractivity contribution is 0.0298. The van der Waals surface area contributed by atoms with Gasteiger partial charge in [-0.3, -0.25) is 4.68 Å². The molecule has 2 rings (SSSR count). The summed E-state index contributed by atoms with van der Waals surface area (Å²) in [6, 6.07) is 8.72. The Morgan fingerprint density at radius 1 is 1.42 bits per heavy atom. The molecule has 2 aromatic rings. The van der Waals surface area contributed by atoms with Gasteiger partial charge in [0.1, 0.15) is 11.9 Å². The summed E-state index contributed by atoms with van der Waals surface area (Å²) in [5.41, 5.74) is 0.478. The van der Waals surface area contributed by atoms with Crippen molar-refractivity contribution < 1.29 is 14.3 Å². The predicted molar refractivity (Wildman–Crippen MR) is 70.1 cm³/mol. The molecule has 5 nitrogen and oxygen atoms in total. The fourth-order valence-corrected chi connectivity index (χ4v) is 1.71. The van der Waals surface area contributed by atoms with Gasteiger partial charge in [-0.05, 0) is 31.2 Å². The molecule has 1 aromatic carbocycles. The number of benzene rings is 1. The molecule has 0 radical (unpaired) electrons. The smallest absolute Gasteiger partial charge is 0.338 e. The Labute approximate surface area is 111 Å². The molecule has 19 heavy (non-hydrogen) atoms. The van der Waals surface area contributed by atoms with Crippen LogP contribution >= 0.6 is 0 Å². The molecule has 1 heterocycles. The van der Waals surface area contributed by atoms with Gasteiger partial charge in [0.05, 0.1) is 19.2 Å². The molecule has 0 amide bonds. The van der Waals surface area contributed by atoms with Crippen LogP contribution in [0.3, 0.4) is 0 Å². The zero-order chi connectivity index (χ0) is 13.7. The van der Waals surface area contributed by atoms with Gasteiger partial charge in [-0.25, -0.2) is 4.79 Å². The molecule has 0 saturated heterocycles. The van der Waals surface area contributed by atoms with Crippen LogP contribution in [0, 0.1) is 0 Å². The third kappa shape index (κ3) is 3.58. The maximum Gasteiger partial charge on any atom is 0.338 e. The van der Waals surface area contributed by atoms with E-state index in [0.717, 1.165) is 0 Å². The van der Waals surface area contributed by atoms with E-state index in [2.05, 4.69) is 5.10 Å². The normalized spacial score (nSPS) is 11.9. The van der Waals surface area contributed by atoms with Crippen LogP contribution in [0.1, 0.15) is 17.3 Å². The Morgan fingerprint density at radius 2 is 2.26 bits per heavy atom. The standard InChI is InChI=1S/C14H16N2O3/c1-11(10-16-8-4-7-15-16)19-14(17)12-5-3-6-13(9-12)18-2/h3-9,11H,10H2,1-2H3/t11-/m1/s1. The van der Waals surface area contributed by atoms with E-state index in [4.69, 9.17) is 9.47 Å². The topological polar surface area (TPSA) is 53.4 Å². The first-order valence-electron chi connectivity index (χ1n) is 6.01. The molecule has 0 aliphatic rings. The molecule has 0 aliphatic heterocycles. The first-order chi connectivity index (χ1) is 9.19. The number of carbonyl (C=O) groups is 1. The zero-order valence-corrected chi connectivity index (χ0v) is 10.9. The number of aromatic nitrogens is 2. The fraction of sp³-hybridized carbons (Fsp3) is 0.286. The van der Waals surface area contributed by atoms with E-state index in [1.807, 2.05) is 19.2 Å². The second-order valence-corrected chi connectivity index (χ2v) is 4.18. The molecule has 0 spiro atoms. The van der Waals surface area contributed by atoms with Gasteiger partial charge in [0.2, 0.25) is 0 Å². The van der Waals surface area contributed by atoms with Crippen molar-refractivity contribution in [2.24, 2.45) is 0 Å². The van der Waals surface area contributed by atoms with Crippen LogP contribution in [0.5, 0.6) is 5.75 Å². The molecular weight excluding hydrogens is 244 g/mol. The maximum atomic E-state index is 11.9. The Balaban J connectivity index is 1.96. The summed E-state index contributed by atoms with van der Waals surface area (Å²) in [5, 5.41) is 4.07. The number of rotatable bonds is 5. The van der Waals surface area contributed by atoms with Gasteiger partial charge in [0.25, 0.3) is 0 Å². The van der Waals surface area contributed by atoms with Crippen LogP contribution in [0.2, 0.25) is 0 Å². The Hall–Kier alpha value is -2.30. The molecule has 1 atom stereocenters. The van der Waals surface area contributed by atoms with E-state index >= 15 is 0 Å². The number of methoxy groups -OCH3 is 1. The summed E-state index contributed by atoms with van der Waals surface area (Å²) in [5.74, 6) is 0.271. The van der Waals surface area contributed by atoms with Gasteiger partial charge in [-0.15, -0.1) is 0 Å². The molecule has 0 aliphatic carbocycles. The fourth-order valence-electron chi connectivity index (χ4n) is 1.71. The monoisotopic (exact) mass is 260 g/mol. The number of hydrogen-bond acceptors (Lipinski definition) is 4. The first kappa shape index (κ1) is 13.1. The highest BCUT2D eigenvalue weighted by Gasteiger charge is 2.13. The minimum absolute atomic E-state index is 0.251. The molecule has 1 aromatic heterocycles. The lowest BCUT2D eigenvalue weighted by Crippen LogP contribution is -2.21. The average Bonchev–Trinajstić information content (AvgIpc) is 2.91. The van der Waals surface area contributed by atoms with Gasteiger partial charge >= 0.3 is 5.97 Å². The molecule has 0 saturated carbocycles. The number of nitrogens with zero attached hydrogens (tertiary/aromatic N) is 2. The number of esters is 1. The van der Waals surface area contributed by atoms with Crippen molar-refractivity contribution >= 4 is 5.97 Å². The van der Waals surface area contributed by atoms with Gasteiger partial charge < -0.3 is 9.47 Å². The Bertz CT molecular complexity index is 537.